The zero-order valence-electron chi connectivity index (χ0n) is 16.3. The first-order valence-corrected chi connectivity index (χ1v) is 10.0. The molecule has 1 atom stereocenters. The summed E-state index contributed by atoms with van der Waals surface area (Å²) in [4.78, 5) is 26.9. The quantitative estimate of drug-likeness (QED) is 0.837. The zero-order valence-corrected chi connectivity index (χ0v) is 16.3. The molecular weight excluding hydrogens is 354 g/mol. The second-order valence-corrected chi connectivity index (χ2v) is 7.85. The smallest absolute Gasteiger partial charge is 0.270 e. The van der Waals surface area contributed by atoms with Crippen LogP contribution in [0.1, 0.15) is 46.5 Å². The van der Waals surface area contributed by atoms with E-state index in [1.807, 2.05) is 53.0 Å². The summed E-state index contributed by atoms with van der Waals surface area (Å²) >= 11 is 0. The van der Waals surface area contributed by atoms with Crippen LogP contribution in [0.4, 0.5) is 0 Å². The number of likely N-dealkylation sites (tertiary alicyclic amines) is 1. The summed E-state index contributed by atoms with van der Waals surface area (Å²) in [5.41, 5.74) is 1.35. The number of aromatic nitrogens is 1. The minimum atomic E-state index is -0.0371. The SMILES string of the molecule is Cn1cccc1C(=O)N1CCCC(COc2cccc(C(=O)NC3CC3)c2)C1. The number of carbonyl (C=O) groups is 2. The third-order valence-electron chi connectivity index (χ3n) is 5.46. The van der Waals surface area contributed by atoms with Gasteiger partial charge in [0.2, 0.25) is 0 Å². The number of hydrogen-bond donors (Lipinski definition) is 1. The van der Waals surface area contributed by atoms with Gasteiger partial charge >= 0.3 is 0 Å². The lowest BCUT2D eigenvalue weighted by Gasteiger charge is -2.32. The van der Waals surface area contributed by atoms with Crippen LogP contribution in [0.25, 0.3) is 0 Å². The van der Waals surface area contributed by atoms with Crippen molar-refractivity contribution in [1.82, 2.24) is 14.8 Å². The molecule has 1 aromatic heterocycles. The Hall–Kier alpha value is -2.76. The number of hydrogen-bond acceptors (Lipinski definition) is 3. The molecule has 4 rings (SSSR count). The average molecular weight is 381 g/mol. The molecule has 2 aliphatic rings. The Morgan fingerprint density at radius 1 is 1.18 bits per heavy atom. The van der Waals surface area contributed by atoms with Gasteiger partial charge in [0.15, 0.2) is 0 Å². The third kappa shape index (κ3) is 4.38. The Balaban J connectivity index is 1.32. The molecule has 1 aliphatic carbocycles. The van der Waals surface area contributed by atoms with Gasteiger partial charge in [0.1, 0.15) is 11.4 Å². The maximum absolute atomic E-state index is 12.7. The van der Waals surface area contributed by atoms with E-state index in [1.165, 1.54) is 0 Å². The second kappa shape index (κ2) is 8.09. The average Bonchev–Trinajstić information content (AvgIpc) is 3.43. The van der Waals surface area contributed by atoms with Crippen molar-refractivity contribution in [2.45, 2.75) is 31.7 Å². The summed E-state index contributed by atoms with van der Waals surface area (Å²) < 4.78 is 7.84. The molecule has 1 unspecified atom stereocenters. The molecule has 0 radical (unpaired) electrons. The molecule has 1 saturated carbocycles. The molecule has 148 valence electrons. The molecule has 1 saturated heterocycles. The number of amides is 2. The van der Waals surface area contributed by atoms with Gasteiger partial charge in [0.05, 0.1) is 6.61 Å². The third-order valence-corrected chi connectivity index (χ3v) is 5.46. The number of rotatable bonds is 6. The van der Waals surface area contributed by atoms with Crippen LogP contribution in [-0.2, 0) is 7.05 Å². The summed E-state index contributed by atoms with van der Waals surface area (Å²) in [5, 5.41) is 3.00. The van der Waals surface area contributed by atoms with Crippen LogP contribution in [0.5, 0.6) is 5.75 Å². The normalized spacial score (nSPS) is 19.3. The summed E-state index contributed by atoms with van der Waals surface area (Å²) in [6, 6.07) is 11.4. The molecule has 0 bridgehead atoms. The summed E-state index contributed by atoms with van der Waals surface area (Å²) in [7, 11) is 1.89. The first-order valence-electron chi connectivity index (χ1n) is 10.0. The van der Waals surface area contributed by atoms with Crippen LogP contribution in [0.2, 0.25) is 0 Å². The van der Waals surface area contributed by atoms with Crippen LogP contribution in [0.3, 0.4) is 0 Å². The zero-order chi connectivity index (χ0) is 19.5. The van der Waals surface area contributed by atoms with Gasteiger partial charge in [0, 0.05) is 43.9 Å². The molecule has 28 heavy (non-hydrogen) atoms. The van der Waals surface area contributed by atoms with Crippen LogP contribution in [-0.4, -0.2) is 47.0 Å². The maximum atomic E-state index is 12.7. The Bertz CT molecular complexity index is 856. The van der Waals surface area contributed by atoms with E-state index in [0.717, 1.165) is 37.9 Å². The van der Waals surface area contributed by atoms with E-state index in [1.54, 1.807) is 6.07 Å². The first-order chi connectivity index (χ1) is 13.6. The highest BCUT2D eigenvalue weighted by Gasteiger charge is 2.26. The number of nitrogens with zero attached hydrogens (tertiary/aromatic N) is 2. The van der Waals surface area contributed by atoms with E-state index < -0.39 is 0 Å². The van der Waals surface area contributed by atoms with E-state index in [0.29, 0.717) is 36.4 Å². The van der Waals surface area contributed by atoms with Crippen molar-refractivity contribution in [3.8, 4) is 5.75 Å². The van der Waals surface area contributed by atoms with Gasteiger partial charge in [0.25, 0.3) is 11.8 Å². The van der Waals surface area contributed by atoms with Crippen LogP contribution in [0.15, 0.2) is 42.6 Å². The second-order valence-electron chi connectivity index (χ2n) is 7.85. The summed E-state index contributed by atoms with van der Waals surface area (Å²) in [6.07, 6.45) is 6.06. The molecule has 1 aliphatic heterocycles. The maximum Gasteiger partial charge on any atom is 0.270 e. The molecule has 6 nitrogen and oxygen atoms in total. The van der Waals surface area contributed by atoms with Gasteiger partial charge in [-0.15, -0.1) is 0 Å². The highest BCUT2D eigenvalue weighted by Crippen LogP contribution is 2.22. The molecule has 1 N–H and O–H groups in total. The van der Waals surface area contributed by atoms with E-state index in [-0.39, 0.29) is 11.8 Å². The number of nitrogens with one attached hydrogen (secondary N) is 1. The molecule has 2 amide bonds. The minimum absolute atomic E-state index is 0.0371. The van der Waals surface area contributed by atoms with Crippen LogP contribution in [0, 0.1) is 5.92 Å². The van der Waals surface area contributed by atoms with E-state index in [4.69, 9.17) is 4.74 Å². The van der Waals surface area contributed by atoms with E-state index in [2.05, 4.69) is 5.32 Å². The van der Waals surface area contributed by atoms with Crippen molar-refractivity contribution >= 4 is 11.8 Å². The van der Waals surface area contributed by atoms with Crippen molar-refractivity contribution in [2.75, 3.05) is 19.7 Å². The predicted octanol–water partition coefficient (Wildman–Crippen LogP) is 2.85. The number of piperidine rings is 1. The highest BCUT2D eigenvalue weighted by atomic mass is 16.5. The van der Waals surface area contributed by atoms with Crippen LogP contribution >= 0.6 is 0 Å². The minimum Gasteiger partial charge on any atom is -0.493 e. The summed E-state index contributed by atoms with van der Waals surface area (Å²) in [5.74, 6) is 1.04. The number of benzene rings is 1. The lowest BCUT2D eigenvalue weighted by atomic mass is 9.98. The molecule has 6 heteroatoms. The lowest BCUT2D eigenvalue weighted by Crippen LogP contribution is -2.42. The van der Waals surface area contributed by atoms with Gasteiger partial charge in [-0.25, -0.2) is 0 Å². The molecular formula is C22H27N3O3. The fourth-order valence-corrected chi connectivity index (χ4v) is 3.67. The highest BCUT2D eigenvalue weighted by molar-refractivity contribution is 5.95. The number of ether oxygens (including phenoxy) is 1. The Morgan fingerprint density at radius 3 is 2.79 bits per heavy atom. The molecule has 1 aromatic carbocycles. The fraction of sp³-hybridized carbons (Fsp3) is 0.455. The Kier molecular flexibility index (Phi) is 5.37. The fourth-order valence-electron chi connectivity index (χ4n) is 3.67. The van der Waals surface area contributed by atoms with Crippen molar-refractivity contribution < 1.29 is 14.3 Å². The Morgan fingerprint density at radius 2 is 2.04 bits per heavy atom. The molecule has 2 aromatic rings. The predicted molar refractivity (Wildman–Crippen MR) is 106 cm³/mol. The van der Waals surface area contributed by atoms with Crippen molar-refractivity contribution in [1.29, 1.82) is 0 Å². The standard InChI is InChI=1S/C22H27N3O3/c1-24-11-4-8-20(24)22(27)25-12-3-5-16(14-25)15-28-19-7-2-6-17(13-19)21(26)23-18-9-10-18/h2,4,6-8,11,13,16,18H,3,5,9-10,12,14-15H2,1H3,(H,23,26). The molecule has 2 heterocycles. The molecule has 2 fully saturated rings. The topological polar surface area (TPSA) is 63.6 Å². The largest absolute Gasteiger partial charge is 0.493 e. The van der Waals surface area contributed by atoms with Gasteiger partial charge in [-0.2, -0.15) is 0 Å². The van der Waals surface area contributed by atoms with Gasteiger partial charge in [-0.3, -0.25) is 9.59 Å². The van der Waals surface area contributed by atoms with Gasteiger partial charge in [-0.1, -0.05) is 6.07 Å². The van der Waals surface area contributed by atoms with Gasteiger partial charge in [-0.05, 0) is 56.0 Å². The summed E-state index contributed by atoms with van der Waals surface area (Å²) in [6.45, 7) is 2.04. The van der Waals surface area contributed by atoms with E-state index in [9.17, 15) is 9.59 Å². The van der Waals surface area contributed by atoms with Crippen LogP contribution < -0.4 is 10.1 Å². The monoisotopic (exact) mass is 381 g/mol. The van der Waals surface area contributed by atoms with Crippen molar-refractivity contribution in [3.63, 3.8) is 0 Å². The van der Waals surface area contributed by atoms with Gasteiger partial charge < -0.3 is 19.5 Å². The number of aryl methyl sites for hydroxylation is 1. The number of carbonyl (C=O) groups excluding carboxylic acids is 2. The lowest BCUT2D eigenvalue weighted by molar-refractivity contribution is 0.0623. The Labute approximate surface area is 165 Å². The first kappa shape index (κ1) is 18.6. The van der Waals surface area contributed by atoms with Crippen molar-refractivity contribution in [2.24, 2.45) is 13.0 Å². The van der Waals surface area contributed by atoms with Crippen molar-refractivity contribution in [3.05, 3.63) is 53.9 Å². The molecule has 0 spiro atoms. The van der Waals surface area contributed by atoms with E-state index >= 15 is 0 Å².